The summed E-state index contributed by atoms with van der Waals surface area (Å²) in [6.07, 6.45) is 6.53. The molecule has 2 fully saturated rings. The summed E-state index contributed by atoms with van der Waals surface area (Å²) in [5.74, 6) is 1.44. The van der Waals surface area contributed by atoms with Gasteiger partial charge in [-0.15, -0.1) is 0 Å². The number of aromatic nitrogens is 5. The highest BCUT2D eigenvalue weighted by Gasteiger charge is 2.29. The zero-order valence-electron chi connectivity index (χ0n) is 17.4. The van der Waals surface area contributed by atoms with Crippen LogP contribution in [0.25, 0.3) is 21.9 Å². The summed E-state index contributed by atoms with van der Waals surface area (Å²) in [5, 5.41) is 0.844. The topological polar surface area (TPSA) is 84.1 Å². The van der Waals surface area contributed by atoms with Crippen LogP contribution in [0.2, 0.25) is 0 Å². The fraction of sp³-hybridized carbons (Fsp3) is 0.391. The standard InChI is InChI=1S/C23H22BrN5O3/c24-15-1-4-18-17(9-15)22(32-13-14-6-8-31-12-14)27-21(26-18)11-28-20-10-25-7-5-19(20)29(23(28)30)16-2-3-16/h1,4-5,7,9-10,14,16H,2-3,6,8,11-13H2. The molecule has 1 aromatic carbocycles. The van der Waals surface area contributed by atoms with Crippen molar-refractivity contribution in [2.24, 2.45) is 5.92 Å². The molecule has 0 bridgehead atoms. The van der Waals surface area contributed by atoms with Crippen molar-refractivity contribution in [1.29, 1.82) is 0 Å². The fourth-order valence-electron chi connectivity index (χ4n) is 4.32. The van der Waals surface area contributed by atoms with Crippen molar-refractivity contribution in [3.63, 3.8) is 0 Å². The molecule has 4 heterocycles. The monoisotopic (exact) mass is 495 g/mol. The highest BCUT2D eigenvalue weighted by atomic mass is 79.9. The summed E-state index contributed by atoms with van der Waals surface area (Å²) >= 11 is 3.53. The van der Waals surface area contributed by atoms with Gasteiger partial charge in [0.15, 0.2) is 5.82 Å². The van der Waals surface area contributed by atoms with E-state index in [0.29, 0.717) is 30.8 Å². The zero-order chi connectivity index (χ0) is 21.7. The van der Waals surface area contributed by atoms with Crippen molar-refractivity contribution >= 4 is 37.9 Å². The van der Waals surface area contributed by atoms with Crippen molar-refractivity contribution in [3.05, 3.63) is 57.4 Å². The molecule has 32 heavy (non-hydrogen) atoms. The van der Waals surface area contributed by atoms with Gasteiger partial charge in [0, 0.05) is 29.2 Å². The van der Waals surface area contributed by atoms with Crippen LogP contribution in [0.15, 0.2) is 45.9 Å². The Hall–Kier alpha value is -2.78. The van der Waals surface area contributed by atoms with Gasteiger partial charge >= 0.3 is 5.69 Å². The molecule has 0 amide bonds. The van der Waals surface area contributed by atoms with E-state index >= 15 is 0 Å². The molecule has 2 aliphatic rings. The lowest BCUT2D eigenvalue weighted by Gasteiger charge is -2.13. The Morgan fingerprint density at radius 2 is 2.06 bits per heavy atom. The SMILES string of the molecule is O=c1n(Cc2nc(OCC3CCOC3)c3cc(Br)ccc3n2)c2cnccc2n1C1CC1. The van der Waals surface area contributed by atoms with E-state index in [1.807, 2.05) is 28.8 Å². The molecular weight excluding hydrogens is 474 g/mol. The quantitative estimate of drug-likeness (QED) is 0.405. The molecule has 1 aliphatic heterocycles. The van der Waals surface area contributed by atoms with E-state index in [9.17, 15) is 4.79 Å². The molecule has 6 rings (SSSR count). The van der Waals surface area contributed by atoms with E-state index in [0.717, 1.165) is 52.3 Å². The molecule has 1 atom stereocenters. The van der Waals surface area contributed by atoms with Crippen LogP contribution in [0.3, 0.4) is 0 Å². The number of hydrogen-bond acceptors (Lipinski definition) is 6. The van der Waals surface area contributed by atoms with Gasteiger partial charge in [-0.05, 0) is 43.5 Å². The van der Waals surface area contributed by atoms with E-state index < -0.39 is 0 Å². The summed E-state index contributed by atoms with van der Waals surface area (Å²) in [7, 11) is 0. The van der Waals surface area contributed by atoms with E-state index in [2.05, 4.69) is 20.9 Å². The number of rotatable bonds is 6. The molecule has 9 heteroatoms. The van der Waals surface area contributed by atoms with Gasteiger partial charge in [0.05, 0.1) is 47.9 Å². The second-order valence-electron chi connectivity index (χ2n) is 8.48. The molecule has 8 nitrogen and oxygen atoms in total. The third-order valence-corrected chi connectivity index (χ3v) is 6.62. The van der Waals surface area contributed by atoms with E-state index in [1.165, 1.54) is 0 Å². The summed E-state index contributed by atoms with van der Waals surface area (Å²) in [6, 6.07) is 8.03. The van der Waals surface area contributed by atoms with Crippen molar-refractivity contribution < 1.29 is 9.47 Å². The van der Waals surface area contributed by atoms with Crippen molar-refractivity contribution in [3.8, 4) is 5.88 Å². The lowest BCUT2D eigenvalue weighted by atomic mass is 10.1. The molecule has 4 aromatic rings. The van der Waals surface area contributed by atoms with Gasteiger partial charge < -0.3 is 9.47 Å². The fourth-order valence-corrected chi connectivity index (χ4v) is 4.68. The van der Waals surface area contributed by atoms with Gasteiger partial charge in [0.2, 0.25) is 5.88 Å². The lowest BCUT2D eigenvalue weighted by Crippen LogP contribution is -2.25. The molecule has 0 N–H and O–H groups in total. The van der Waals surface area contributed by atoms with Crippen LogP contribution in [0, 0.1) is 5.92 Å². The van der Waals surface area contributed by atoms with Crippen LogP contribution < -0.4 is 10.4 Å². The Bertz CT molecular complexity index is 1370. The first-order chi connectivity index (χ1) is 15.7. The van der Waals surface area contributed by atoms with Crippen LogP contribution in [0.4, 0.5) is 0 Å². The molecule has 3 aromatic heterocycles. The molecule has 1 saturated carbocycles. The normalized spacial score (nSPS) is 18.6. The second-order valence-corrected chi connectivity index (χ2v) is 9.40. The number of halogens is 1. The van der Waals surface area contributed by atoms with E-state index in [-0.39, 0.29) is 18.3 Å². The van der Waals surface area contributed by atoms with Gasteiger partial charge in [0.25, 0.3) is 0 Å². The smallest absolute Gasteiger partial charge is 0.329 e. The lowest BCUT2D eigenvalue weighted by molar-refractivity contribution is 0.166. The molecule has 0 radical (unpaired) electrons. The predicted molar refractivity (Wildman–Crippen MR) is 123 cm³/mol. The highest BCUT2D eigenvalue weighted by molar-refractivity contribution is 9.10. The third-order valence-electron chi connectivity index (χ3n) is 6.13. The first-order valence-corrected chi connectivity index (χ1v) is 11.7. The minimum atomic E-state index is -0.0411. The minimum Gasteiger partial charge on any atom is -0.477 e. The summed E-state index contributed by atoms with van der Waals surface area (Å²) < 4.78 is 16.2. The van der Waals surface area contributed by atoms with Gasteiger partial charge in [-0.2, -0.15) is 4.98 Å². The number of ether oxygens (including phenoxy) is 2. The second kappa shape index (κ2) is 7.97. The number of imidazole rings is 1. The number of nitrogens with zero attached hydrogens (tertiary/aromatic N) is 5. The number of fused-ring (bicyclic) bond motifs is 2. The Labute approximate surface area is 192 Å². The molecule has 1 unspecified atom stereocenters. The summed E-state index contributed by atoms with van der Waals surface area (Å²) in [4.78, 5) is 27.0. The first kappa shape index (κ1) is 19.9. The van der Waals surface area contributed by atoms with Gasteiger partial charge in [0.1, 0.15) is 0 Å². The third kappa shape index (κ3) is 3.59. The van der Waals surface area contributed by atoms with Gasteiger partial charge in [-0.1, -0.05) is 15.9 Å². The maximum Gasteiger partial charge on any atom is 0.329 e. The van der Waals surface area contributed by atoms with Crippen LogP contribution >= 0.6 is 15.9 Å². The zero-order valence-corrected chi connectivity index (χ0v) is 19.0. The molecule has 1 saturated heterocycles. The number of hydrogen-bond donors (Lipinski definition) is 0. The Balaban J connectivity index is 1.41. The van der Waals surface area contributed by atoms with Crippen LogP contribution in [-0.2, 0) is 11.3 Å². The van der Waals surface area contributed by atoms with Gasteiger partial charge in [-0.25, -0.2) is 9.78 Å². The van der Waals surface area contributed by atoms with Crippen molar-refractivity contribution in [2.45, 2.75) is 31.8 Å². The predicted octanol–water partition coefficient (Wildman–Crippen LogP) is 3.70. The first-order valence-electron chi connectivity index (χ1n) is 10.9. The Morgan fingerprint density at radius 1 is 1.16 bits per heavy atom. The summed E-state index contributed by atoms with van der Waals surface area (Å²) in [6.45, 7) is 2.29. The minimum absolute atomic E-state index is 0.0411. The highest BCUT2D eigenvalue weighted by Crippen LogP contribution is 2.36. The van der Waals surface area contributed by atoms with Crippen LogP contribution in [0.5, 0.6) is 5.88 Å². The maximum absolute atomic E-state index is 13.3. The Morgan fingerprint density at radius 3 is 2.88 bits per heavy atom. The Kier molecular flexibility index (Phi) is 4.95. The van der Waals surface area contributed by atoms with Crippen LogP contribution in [0.1, 0.15) is 31.1 Å². The number of pyridine rings is 1. The van der Waals surface area contributed by atoms with Crippen molar-refractivity contribution in [1.82, 2.24) is 24.1 Å². The molecular formula is C23H22BrN5O3. The van der Waals surface area contributed by atoms with Gasteiger partial charge in [-0.3, -0.25) is 14.1 Å². The average molecular weight is 496 g/mol. The van der Waals surface area contributed by atoms with Crippen molar-refractivity contribution in [2.75, 3.05) is 19.8 Å². The van der Waals surface area contributed by atoms with Crippen LogP contribution in [-0.4, -0.2) is 43.9 Å². The van der Waals surface area contributed by atoms with E-state index in [1.54, 1.807) is 17.0 Å². The molecule has 1 aliphatic carbocycles. The average Bonchev–Trinajstić information content (AvgIpc) is 3.41. The molecule has 164 valence electrons. The molecule has 0 spiro atoms. The maximum atomic E-state index is 13.3. The largest absolute Gasteiger partial charge is 0.477 e. The number of benzene rings is 1. The summed E-state index contributed by atoms with van der Waals surface area (Å²) in [5.41, 5.74) is 2.46. The van der Waals surface area contributed by atoms with E-state index in [4.69, 9.17) is 19.4 Å².